The van der Waals surface area contributed by atoms with Gasteiger partial charge in [-0.3, -0.25) is 9.36 Å². The Bertz CT molecular complexity index is 1530. The number of hydrogen-bond donors (Lipinski definition) is 1. The summed E-state index contributed by atoms with van der Waals surface area (Å²) in [7, 11) is -1.13. The van der Waals surface area contributed by atoms with Crippen molar-refractivity contribution < 1.29 is 27.4 Å². The van der Waals surface area contributed by atoms with E-state index >= 15 is 0 Å². The quantitative estimate of drug-likeness (QED) is 0.297. The number of rotatable bonds is 11. The fraction of sp³-hybridized carbons (Fsp3) is 0.259. The first-order valence-electron chi connectivity index (χ1n) is 12.1. The zero-order valence-corrected chi connectivity index (χ0v) is 22.8. The van der Waals surface area contributed by atoms with E-state index in [4.69, 9.17) is 14.2 Å². The van der Waals surface area contributed by atoms with E-state index in [2.05, 4.69) is 19.9 Å². The molecule has 1 atom stereocenters. The number of ether oxygens (including phenoxy) is 3. The average molecular weight is 552 g/mol. The van der Waals surface area contributed by atoms with Gasteiger partial charge in [0.25, 0.3) is 0 Å². The highest BCUT2D eigenvalue weighted by molar-refractivity contribution is 7.90. The minimum Gasteiger partial charge on any atom is -0.494 e. The predicted octanol–water partition coefficient (Wildman–Crippen LogP) is 3.61. The molecule has 39 heavy (non-hydrogen) atoms. The molecule has 0 aliphatic rings. The SMILES string of the molecule is CCOc1cccc(-c2nnc(C(=O)NS(=O)(=O)CC(C)c3ccccc3)n2-c2c(OC)cccc2OC)n1. The van der Waals surface area contributed by atoms with Crippen LogP contribution in [0.15, 0.2) is 66.7 Å². The van der Waals surface area contributed by atoms with Crippen LogP contribution in [-0.2, 0) is 10.0 Å². The van der Waals surface area contributed by atoms with E-state index in [1.54, 1.807) is 43.3 Å². The Kier molecular flexibility index (Phi) is 8.45. The van der Waals surface area contributed by atoms with E-state index < -0.39 is 15.9 Å². The highest BCUT2D eigenvalue weighted by atomic mass is 32.2. The molecule has 12 heteroatoms. The van der Waals surface area contributed by atoms with Crippen LogP contribution in [0.3, 0.4) is 0 Å². The molecule has 0 radical (unpaired) electrons. The van der Waals surface area contributed by atoms with Gasteiger partial charge in [-0.15, -0.1) is 10.2 Å². The molecule has 1 amide bonds. The van der Waals surface area contributed by atoms with Gasteiger partial charge >= 0.3 is 5.91 Å². The summed E-state index contributed by atoms with van der Waals surface area (Å²) < 4.78 is 46.2. The minimum atomic E-state index is -4.05. The van der Waals surface area contributed by atoms with Crippen LogP contribution >= 0.6 is 0 Å². The lowest BCUT2D eigenvalue weighted by Crippen LogP contribution is -2.35. The number of carbonyl (C=O) groups is 1. The highest BCUT2D eigenvalue weighted by Crippen LogP contribution is 2.36. The first kappa shape index (κ1) is 27.6. The van der Waals surface area contributed by atoms with Crippen molar-refractivity contribution in [3.63, 3.8) is 0 Å². The minimum absolute atomic E-state index is 0.152. The summed E-state index contributed by atoms with van der Waals surface area (Å²) in [4.78, 5) is 17.9. The number of nitrogens with zero attached hydrogens (tertiary/aromatic N) is 4. The number of benzene rings is 2. The Hall–Kier alpha value is -4.45. The van der Waals surface area contributed by atoms with Crippen molar-refractivity contribution in [3.8, 4) is 34.6 Å². The molecule has 1 unspecified atom stereocenters. The topological polar surface area (TPSA) is 135 Å². The summed E-state index contributed by atoms with van der Waals surface area (Å²) in [6.45, 7) is 4.00. The molecule has 4 aromatic rings. The van der Waals surface area contributed by atoms with Crippen LogP contribution in [-0.4, -0.2) is 60.7 Å². The first-order valence-corrected chi connectivity index (χ1v) is 13.8. The van der Waals surface area contributed by atoms with Crippen LogP contribution in [0.1, 0.15) is 35.9 Å². The molecule has 2 aromatic heterocycles. The molecule has 0 bridgehead atoms. The summed E-state index contributed by atoms with van der Waals surface area (Å²) in [5.41, 5.74) is 1.46. The van der Waals surface area contributed by atoms with Crippen molar-refractivity contribution in [2.45, 2.75) is 19.8 Å². The van der Waals surface area contributed by atoms with Crippen molar-refractivity contribution in [3.05, 3.63) is 78.1 Å². The molecule has 0 saturated heterocycles. The summed E-state index contributed by atoms with van der Waals surface area (Å²) in [5.74, 6) is -0.754. The monoisotopic (exact) mass is 551 g/mol. The molecule has 1 N–H and O–H groups in total. The molecule has 2 aromatic carbocycles. The van der Waals surface area contributed by atoms with Gasteiger partial charge in [0.05, 0.1) is 26.6 Å². The average Bonchev–Trinajstić information content (AvgIpc) is 3.38. The van der Waals surface area contributed by atoms with Crippen molar-refractivity contribution in [2.24, 2.45) is 0 Å². The van der Waals surface area contributed by atoms with Gasteiger partial charge in [-0.25, -0.2) is 18.1 Å². The van der Waals surface area contributed by atoms with E-state index in [-0.39, 0.29) is 23.3 Å². The van der Waals surface area contributed by atoms with Gasteiger partial charge < -0.3 is 14.2 Å². The molecule has 0 aliphatic carbocycles. The van der Waals surface area contributed by atoms with E-state index in [0.29, 0.717) is 35.4 Å². The van der Waals surface area contributed by atoms with Crippen LogP contribution in [0.5, 0.6) is 17.4 Å². The van der Waals surface area contributed by atoms with Crippen LogP contribution in [0.4, 0.5) is 0 Å². The highest BCUT2D eigenvalue weighted by Gasteiger charge is 2.29. The fourth-order valence-corrected chi connectivity index (χ4v) is 5.37. The molecular formula is C27H29N5O6S. The van der Waals surface area contributed by atoms with Gasteiger partial charge in [0, 0.05) is 6.07 Å². The smallest absolute Gasteiger partial charge is 0.303 e. The number of methoxy groups -OCH3 is 2. The summed E-state index contributed by atoms with van der Waals surface area (Å²) in [5, 5.41) is 8.26. The first-order chi connectivity index (χ1) is 18.8. The maximum absolute atomic E-state index is 13.4. The Morgan fingerprint density at radius 1 is 0.949 bits per heavy atom. The van der Waals surface area contributed by atoms with Gasteiger partial charge in [0.1, 0.15) is 22.9 Å². The third-order valence-corrected chi connectivity index (χ3v) is 7.26. The van der Waals surface area contributed by atoms with Gasteiger partial charge in [-0.1, -0.05) is 49.4 Å². The number of amides is 1. The maximum Gasteiger partial charge on any atom is 0.303 e. The van der Waals surface area contributed by atoms with Gasteiger partial charge in [-0.2, -0.15) is 0 Å². The van der Waals surface area contributed by atoms with Gasteiger partial charge in [-0.05, 0) is 36.6 Å². The number of nitrogens with one attached hydrogen (secondary N) is 1. The van der Waals surface area contributed by atoms with Crippen molar-refractivity contribution >= 4 is 15.9 Å². The second-order valence-electron chi connectivity index (χ2n) is 8.51. The van der Waals surface area contributed by atoms with E-state index in [9.17, 15) is 13.2 Å². The van der Waals surface area contributed by atoms with Crippen LogP contribution in [0.2, 0.25) is 0 Å². The Morgan fingerprint density at radius 2 is 1.62 bits per heavy atom. The molecule has 0 saturated carbocycles. The standard InChI is InChI=1S/C27H29N5O6S/c1-5-38-23-16-9-13-20(28-23)25-29-30-26(32(25)24-21(36-3)14-10-15-22(24)37-4)27(33)31-39(34,35)17-18(2)19-11-7-6-8-12-19/h6-16,18H,5,17H2,1-4H3,(H,31,33). The number of para-hydroxylation sites is 1. The second-order valence-corrected chi connectivity index (χ2v) is 10.3. The Balaban J connectivity index is 1.79. The molecular weight excluding hydrogens is 522 g/mol. The summed E-state index contributed by atoms with van der Waals surface area (Å²) >= 11 is 0. The van der Waals surface area contributed by atoms with Crippen molar-refractivity contribution in [2.75, 3.05) is 26.6 Å². The number of sulfonamides is 1. The van der Waals surface area contributed by atoms with Crippen molar-refractivity contribution in [1.29, 1.82) is 0 Å². The van der Waals surface area contributed by atoms with Gasteiger partial charge in [0.2, 0.25) is 21.7 Å². The Labute approximate surface area is 226 Å². The summed E-state index contributed by atoms with van der Waals surface area (Å²) in [6, 6.07) is 19.3. The van der Waals surface area contributed by atoms with E-state index in [1.165, 1.54) is 18.8 Å². The molecule has 0 spiro atoms. The normalized spacial score (nSPS) is 12.0. The molecule has 11 nitrogen and oxygen atoms in total. The second kappa shape index (κ2) is 11.9. The van der Waals surface area contributed by atoms with Crippen LogP contribution in [0.25, 0.3) is 17.2 Å². The van der Waals surface area contributed by atoms with Gasteiger partial charge in [0.15, 0.2) is 5.82 Å². The maximum atomic E-state index is 13.4. The summed E-state index contributed by atoms with van der Waals surface area (Å²) in [6.07, 6.45) is 0. The lowest BCUT2D eigenvalue weighted by molar-refractivity contribution is 0.0969. The molecule has 204 valence electrons. The zero-order chi connectivity index (χ0) is 28.0. The fourth-order valence-electron chi connectivity index (χ4n) is 4.06. The van der Waals surface area contributed by atoms with Crippen LogP contribution in [0, 0.1) is 0 Å². The number of aromatic nitrogens is 4. The lowest BCUT2D eigenvalue weighted by atomic mass is 10.0. The number of carbonyl (C=O) groups excluding carboxylic acids is 1. The predicted molar refractivity (Wildman–Crippen MR) is 145 cm³/mol. The van der Waals surface area contributed by atoms with Crippen molar-refractivity contribution in [1.82, 2.24) is 24.5 Å². The zero-order valence-electron chi connectivity index (χ0n) is 22.0. The molecule has 4 rings (SSSR count). The number of hydrogen-bond acceptors (Lipinski definition) is 9. The Morgan fingerprint density at radius 3 is 2.26 bits per heavy atom. The number of pyridine rings is 1. The van der Waals surface area contributed by atoms with E-state index in [0.717, 1.165) is 5.56 Å². The molecule has 0 aliphatic heterocycles. The third-order valence-electron chi connectivity index (χ3n) is 5.82. The third kappa shape index (κ3) is 6.17. The largest absolute Gasteiger partial charge is 0.494 e. The lowest BCUT2D eigenvalue weighted by Gasteiger charge is -2.17. The molecule has 0 fully saturated rings. The van der Waals surface area contributed by atoms with Crippen LogP contribution < -0.4 is 18.9 Å². The van der Waals surface area contributed by atoms with E-state index in [1.807, 2.05) is 37.3 Å². The molecule has 2 heterocycles.